The summed E-state index contributed by atoms with van der Waals surface area (Å²) in [6.45, 7) is 0.0633. The highest BCUT2D eigenvalue weighted by Gasteiger charge is 2.52. The molecule has 0 unspecified atom stereocenters. The Kier molecular flexibility index (Phi) is 4.56. The molecule has 1 aliphatic heterocycles. The summed E-state index contributed by atoms with van der Waals surface area (Å²) >= 11 is 0. The average Bonchev–Trinajstić information content (AvgIpc) is 3.01. The summed E-state index contributed by atoms with van der Waals surface area (Å²) in [5, 5.41) is 22.6. The maximum Gasteiger partial charge on any atom is 0.269 e. The number of nitrogens with zero attached hydrogens (tertiary/aromatic N) is 2. The molecular weight excluding hydrogens is 368 g/mol. The van der Waals surface area contributed by atoms with Crippen molar-refractivity contribution in [3.63, 3.8) is 0 Å². The summed E-state index contributed by atoms with van der Waals surface area (Å²) in [5.41, 5.74) is 0.757. The second-order valence-corrected chi connectivity index (χ2v) is 6.77. The lowest BCUT2D eigenvalue weighted by Crippen LogP contribution is -2.45. The highest BCUT2D eigenvalue weighted by molar-refractivity contribution is 6.10. The van der Waals surface area contributed by atoms with E-state index in [1.165, 1.54) is 17.0 Å². The largest absolute Gasteiger partial charge is 0.334 e. The first-order valence-electron chi connectivity index (χ1n) is 9.05. The van der Waals surface area contributed by atoms with Crippen LogP contribution in [0, 0.1) is 15.5 Å². The van der Waals surface area contributed by atoms with E-state index >= 15 is 0 Å². The van der Waals surface area contributed by atoms with Gasteiger partial charge >= 0.3 is 0 Å². The predicted octanol–water partition coefficient (Wildman–Crippen LogP) is 3.41. The molecule has 144 valence electrons. The van der Waals surface area contributed by atoms with Crippen molar-refractivity contribution in [2.45, 2.75) is 12.1 Å². The fourth-order valence-electron chi connectivity index (χ4n) is 3.64. The molecule has 0 atom stereocenters. The number of nitro groups is 1. The molecule has 0 spiro atoms. The molecule has 1 heterocycles. The van der Waals surface area contributed by atoms with Gasteiger partial charge in [0.05, 0.1) is 11.5 Å². The van der Waals surface area contributed by atoms with Gasteiger partial charge in [0.1, 0.15) is 0 Å². The highest BCUT2D eigenvalue weighted by atomic mass is 16.6. The summed E-state index contributed by atoms with van der Waals surface area (Å²) in [4.78, 5) is 25.6. The maximum absolute atomic E-state index is 13.7. The molecule has 0 saturated carbocycles. The summed E-state index contributed by atoms with van der Waals surface area (Å²) in [7, 11) is 0. The molecule has 7 nitrogen and oxygen atoms in total. The zero-order valence-electron chi connectivity index (χ0n) is 15.4. The van der Waals surface area contributed by atoms with Crippen LogP contribution in [0.1, 0.15) is 16.7 Å². The summed E-state index contributed by atoms with van der Waals surface area (Å²) in [6.07, 6.45) is 0. The van der Waals surface area contributed by atoms with Gasteiger partial charge < -0.3 is 5.32 Å². The molecule has 4 rings (SSSR count). The van der Waals surface area contributed by atoms with Gasteiger partial charge in [0, 0.05) is 12.1 Å². The van der Waals surface area contributed by atoms with E-state index in [9.17, 15) is 14.9 Å². The minimum Gasteiger partial charge on any atom is -0.334 e. The number of nitro benzene ring substituents is 1. The van der Waals surface area contributed by atoms with Gasteiger partial charge in [0.15, 0.2) is 11.5 Å². The van der Waals surface area contributed by atoms with Crippen LogP contribution in [0.25, 0.3) is 0 Å². The number of nitrogens with one attached hydrogen (secondary N) is 2. The van der Waals surface area contributed by atoms with Gasteiger partial charge in [-0.15, -0.1) is 0 Å². The van der Waals surface area contributed by atoms with Crippen molar-refractivity contribution in [3.05, 3.63) is 112 Å². The number of carbonyl (C=O) groups is 1. The Labute approximate surface area is 167 Å². The number of carbonyl (C=O) groups excluding carboxylic acids is 1. The van der Waals surface area contributed by atoms with Crippen LogP contribution >= 0.6 is 0 Å². The molecule has 0 bridgehead atoms. The monoisotopic (exact) mass is 386 g/mol. The minimum absolute atomic E-state index is 0.0470. The molecule has 0 radical (unpaired) electrons. The van der Waals surface area contributed by atoms with E-state index in [0.29, 0.717) is 5.56 Å². The zero-order chi connectivity index (χ0) is 20.4. The lowest BCUT2D eigenvalue weighted by atomic mass is 9.82. The molecule has 0 aliphatic carbocycles. The number of hydrogen-bond acceptors (Lipinski definition) is 4. The molecule has 29 heavy (non-hydrogen) atoms. The second-order valence-electron chi connectivity index (χ2n) is 6.77. The molecule has 7 heteroatoms. The molecule has 1 aliphatic rings. The zero-order valence-corrected chi connectivity index (χ0v) is 15.4. The normalized spacial score (nSPS) is 15.2. The van der Waals surface area contributed by atoms with Gasteiger partial charge in [0.2, 0.25) is 0 Å². The number of guanidine groups is 1. The van der Waals surface area contributed by atoms with E-state index in [0.717, 1.165) is 11.1 Å². The maximum atomic E-state index is 13.7. The van der Waals surface area contributed by atoms with Crippen molar-refractivity contribution in [1.82, 2.24) is 10.2 Å². The topological polar surface area (TPSA) is 99.3 Å². The summed E-state index contributed by atoms with van der Waals surface area (Å²) in [6, 6.07) is 24.6. The van der Waals surface area contributed by atoms with Crippen molar-refractivity contribution in [3.8, 4) is 0 Å². The van der Waals surface area contributed by atoms with Gasteiger partial charge in [-0.2, -0.15) is 0 Å². The number of non-ortho nitro benzene ring substituents is 1. The van der Waals surface area contributed by atoms with Crippen LogP contribution in [0.4, 0.5) is 5.69 Å². The molecular formula is C22H18N4O3. The van der Waals surface area contributed by atoms with Crippen LogP contribution in [-0.2, 0) is 16.9 Å². The Morgan fingerprint density at radius 2 is 1.52 bits per heavy atom. The van der Waals surface area contributed by atoms with E-state index in [2.05, 4.69) is 5.32 Å². The van der Waals surface area contributed by atoms with E-state index < -0.39 is 10.5 Å². The summed E-state index contributed by atoms with van der Waals surface area (Å²) < 4.78 is 0. The van der Waals surface area contributed by atoms with Crippen LogP contribution in [-0.4, -0.2) is 21.7 Å². The molecule has 3 aromatic carbocycles. The van der Waals surface area contributed by atoms with Gasteiger partial charge in [-0.05, 0) is 16.7 Å². The molecule has 1 amide bonds. The highest BCUT2D eigenvalue weighted by Crippen LogP contribution is 2.36. The van der Waals surface area contributed by atoms with Gasteiger partial charge in [-0.1, -0.05) is 72.8 Å². The minimum atomic E-state index is -1.22. The van der Waals surface area contributed by atoms with Crippen molar-refractivity contribution in [1.29, 1.82) is 5.41 Å². The average molecular weight is 386 g/mol. The molecule has 2 N–H and O–H groups in total. The SMILES string of the molecule is N=C1NC(c2ccccc2)(c2ccccc2)C(=O)N1Cc1cccc([N+](=O)[O-])c1. The van der Waals surface area contributed by atoms with Crippen LogP contribution < -0.4 is 5.32 Å². The van der Waals surface area contributed by atoms with Crippen LogP contribution in [0.3, 0.4) is 0 Å². The predicted molar refractivity (Wildman–Crippen MR) is 108 cm³/mol. The lowest BCUT2D eigenvalue weighted by Gasteiger charge is -2.28. The number of benzene rings is 3. The summed E-state index contributed by atoms with van der Waals surface area (Å²) in [5.74, 6) is -0.347. The third-order valence-electron chi connectivity index (χ3n) is 5.02. The first-order chi connectivity index (χ1) is 14.0. The van der Waals surface area contributed by atoms with Gasteiger partial charge in [-0.3, -0.25) is 25.2 Å². The second kappa shape index (κ2) is 7.20. The standard InChI is InChI=1S/C22H18N4O3/c23-21-24-22(17-9-3-1-4-10-17,18-11-5-2-6-12-18)20(27)25(21)15-16-8-7-13-19(14-16)26(28)29/h1-14H,15H2,(H2,23,24). The van der Waals surface area contributed by atoms with Crippen molar-refractivity contribution < 1.29 is 9.72 Å². The van der Waals surface area contributed by atoms with E-state index in [1.54, 1.807) is 12.1 Å². The van der Waals surface area contributed by atoms with Crippen LogP contribution in [0.5, 0.6) is 0 Å². The molecule has 1 saturated heterocycles. The van der Waals surface area contributed by atoms with E-state index in [4.69, 9.17) is 5.41 Å². The van der Waals surface area contributed by atoms with Gasteiger partial charge in [0.25, 0.3) is 11.6 Å². The lowest BCUT2D eigenvalue weighted by molar-refractivity contribution is -0.384. The fourth-order valence-corrected chi connectivity index (χ4v) is 3.64. The number of hydrogen-bond donors (Lipinski definition) is 2. The Bertz CT molecular complexity index is 1040. The third-order valence-corrected chi connectivity index (χ3v) is 5.02. The van der Waals surface area contributed by atoms with Crippen molar-refractivity contribution >= 4 is 17.6 Å². The van der Waals surface area contributed by atoms with Gasteiger partial charge in [-0.25, -0.2) is 0 Å². The number of rotatable bonds is 5. The fraction of sp³-hybridized carbons (Fsp3) is 0.0909. The van der Waals surface area contributed by atoms with E-state index in [1.807, 2.05) is 60.7 Å². The Morgan fingerprint density at radius 1 is 0.931 bits per heavy atom. The smallest absolute Gasteiger partial charge is 0.269 e. The molecule has 3 aromatic rings. The molecule has 0 aromatic heterocycles. The van der Waals surface area contributed by atoms with Crippen LogP contribution in [0.15, 0.2) is 84.9 Å². The van der Waals surface area contributed by atoms with Crippen molar-refractivity contribution in [2.75, 3.05) is 0 Å². The first-order valence-corrected chi connectivity index (χ1v) is 9.05. The van der Waals surface area contributed by atoms with Crippen molar-refractivity contribution in [2.24, 2.45) is 0 Å². The first kappa shape index (κ1) is 18.4. The van der Waals surface area contributed by atoms with Crippen LogP contribution in [0.2, 0.25) is 0 Å². The Balaban J connectivity index is 1.76. The third kappa shape index (κ3) is 3.12. The quantitative estimate of drug-likeness (QED) is 0.518. The number of amides is 1. The Morgan fingerprint density at radius 3 is 2.07 bits per heavy atom. The Hall–Kier alpha value is -4.00. The van der Waals surface area contributed by atoms with E-state index in [-0.39, 0.29) is 24.1 Å². The molecule has 1 fully saturated rings.